The van der Waals surface area contributed by atoms with Crippen LogP contribution in [0.1, 0.15) is 21.5 Å². The Morgan fingerprint density at radius 2 is 1.59 bits per heavy atom. The number of hydrogen-bond acceptors (Lipinski definition) is 4. The molecule has 0 radical (unpaired) electrons. The second kappa shape index (κ2) is 8.53. The molecule has 2 rings (SSSR count). The zero-order chi connectivity index (χ0) is 15.8. The van der Waals surface area contributed by atoms with Gasteiger partial charge in [-0.3, -0.25) is 4.79 Å². The minimum atomic E-state index is -0.430. The molecule has 0 fully saturated rings. The third kappa shape index (κ3) is 4.84. The zero-order valence-corrected chi connectivity index (χ0v) is 14.0. The number of carbonyl (C=O) groups is 2. The molecule has 0 saturated carbocycles. The van der Waals surface area contributed by atoms with Gasteiger partial charge in [-0.25, -0.2) is 4.79 Å². The molecule has 22 heavy (non-hydrogen) atoms. The van der Waals surface area contributed by atoms with Crippen LogP contribution in [0.25, 0.3) is 0 Å². The second-order valence-corrected chi connectivity index (χ2v) is 5.14. The first-order valence-corrected chi connectivity index (χ1v) is 8.24. The van der Waals surface area contributed by atoms with Gasteiger partial charge in [0.1, 0.15) is 11.2 Å². The maximum Gasteiger partial charge on any atom is 0.339 e. The van der Waals surface area contributed by atoms with Gasteiger partial charge in [0.15, 0.2) is 0 Å². The van der Waals surface area contributed by atoms with Gasteiger partial charge in [-0.1, -0.05) is 48.5 Å². The van der Waals surface area contributed by atoms with Gasteiger partial charge in [0.2, 0.25) is 0 Å². The topological polar surface area (TPSA) is 52.6 Å². The third-order valence-electron chi connectivity index (χ3n) is 3.00. The Kier molecular flexibility index (Phi) is 6.39. The molecule has 2 aromatic rings. The molecule has 0 aliphatic rings. The highest BCUT2D eigenvalue weighted by atomic mass is 127. The van der Waals surface area contributed by atoms with Crippen LogP contribution in [0.5, 0.6) is 0 Å². The minimum Gasteiger partial charge on any atom is -0.461 e. The van der Waals surface area contributed by atoms with E-state index in [0.717, 1.165) is 5.56 Å². The van der Waals surface area contributed by atoms with Crippen LogP contribution in [0.2, 0.25) is 0 Å². The van der Waals surface area contributed by atoms with Crippen molar-refractivity contribution in [2.24, 2.45) is 0 Å². The highest BCUT2D eigenvalue weighted by Gasteiger charge is 2.15. The summed E-state index contributed by atoms with van der Waals surface area (Å²) in [6.07, 6.45) is 0.0410. The molecule has 0 aromatic heterocycles. The number of benzene rings is 2. The summed E-state index contributed by atoms with van der Waals surface area (Å²) in [6, 6.07) is 16.3. The van der Waals surface area contributed by atoms with Crippen LogP contribution in [-0.4, -0.2) is 16.6 Å². The summed E-state index contributed by atoms with van der Waals surface area (Å²) in [5, 5.41) is 0. The molecule has 0 bridgehead atoms. The summed E-state index contributed by atoms with van der Waals surface area (Å²) < 4.78 is 10.5. The van der Waals surface area contributed by atoms with Crippen molar-refractivity contribution in [3.63, 3.8) is 0 Å². The highest BCUT2D eigenvalue weighted by Crippen LogP contribution is 2.13. The van der Waals surface area contributed by atoms with Gasteiger partial charge in [0.25, 0.3) is 0 Å². The largest absolute Gasteiger partial charge is 0.461 e. The van der Waals surface area contributed by atoms with E-state index in [1.165, 1.54) is 0 Å². The van der Waals surface area contributed by atoms with Crippen molar-refractivity contribution < 1.29 is 19.1 Å². The molecule has 0 N–H and O–H groups in total. The lowest BCUT2D eigenvalue weighted by Gasteiger charge is -2.09. The molecule has 0 heterocycles. The molecule has 2 aromatic carbocycles. The fourth-order valence-electron chi connectivity index (χ4n) is 1.95. The van der Waals surface area contributed by atoms with E-state index in [2.05, 4.69) is 0 Å². The van der Waals surface area contributed by atoms with Crippen LogP contribution in [0.4, 0.5) is 0 Å². The summed E-state index contributed by atoms with van der Waals surface area (Å²) in [5.41, 5.74) is 1.93. The first-order valence-electron chi connectivity index (χ1n) is 6.71. The van der Waals surface area contributed by atoms with Gasteiger partial charge in [-0.15, -0.1) is 0 Å². The minimum absolute atomic E-state index is 0.0410. The predicted octanol–water partition coefficient (Wildman–Crippen LogP) is 3.52. The Bertz CT molecular complexity index is 640. The summed E-state index contributed by atoms with van der Waals surface area (Å²) in [6.45, 7) is 0.222. The van der Waals surface area contributed by atoms with Crippen LogP contribution in [0, 0.1) is 0 Å². The third-order valence-corrected chi connectivity index (χ3v) is 3.31. The van der Waals surface area contributed by atoms with E-state index < -0.39 is 5.97 Å². The lowest BCUT2D eigenvalue weighted by atomic mass is 10.0. The van der Waals surface area contributed by atoms with Gasteiger partial charge in [-0.05, 0) is 39.8 Å². The lowest BCUT2D eigenvalue weighted by molar-refractivity contribution is -0.144. The Hall–Kier alpha value is -1.89. The van der Waals surface area contributed by atoms with E-state index in [1.807, 2.05) is 52.9 Å². The van der Waals surface area contributed by atoms with E-state index in [1.54, 1.807) is 24.3 Å². The number of carbonyl (C=O) groups excluding carboxylic acids is 2. The fourth-order valence-corrected chi connectivity index (χ4v) is 2.23. The number of hydrogen-bond donors (Lipinski definition) is 0. The quantitative estimate of drug-likeness (QED) is 0.416. The Balaban J connectivity index is 1.98. The first-order chi connectivity index (χ1) is 10.7. The number of halogens is 1. The predicted molar refractivity (Wildman–Crippen MR) is 90.7 cm³/mol. The number of esters is 2. The van der Waals surface area contributed by atoms with E-state index in [0.29, 0.717) is 11.1 Å². The standard InChI is InChI=1S/C17H15IO4/c18-12-22-17(20)15-9-5-4-8-14(15)10-16(19)21-11-13-6-2-1-3-7-13/h1-9H,10-12H2. The van der Waals surface area contributed by atoms with Crippen LogP contribution in [0.15, 0.2) is 54.6 Å². The van der Waals surface area contributed by atoms with Gasteiger partial charge in [0, 0.05) is 0 Å². The second-order valence-electron chi connectivity index (χ2n) is 4.52. The van der Waals surface area contributed by atoms with Crippen molar-refractivity contribution in [1.82, 2.24) is 0 Å². The van der Waals surface area contributed by atoms with E-state index >= 15 is 0 Å². The first kappa shape index (κ1) is 16.5. The normalized spacial score (nSPS) is 10.0. The van der Waals surface area contributed by atoms with E-state index in [-0.39, 0.29) is 23.6 Å². The zero-order valence-electron chi connectivity index (χ0n) is 11.8. The Morgan fingerprint density at radius 3 is 2.32 bits per heavy atom. The van der Waals surface area contributed by atoms with Gasteiger partial charge >= 0.3 is 11.9 Å². The summed E-state index contributed by atoms with van der Waals surface area (Å²) in [7, 11) is 0. The number of rotatable bonds is 6. The molecule has 114 valence electrons. The molecule has 5 heteroatoms. The molecule has 0 unspecified atom stereocenters. The number of ether oxygens (including phenoxy) is 2. The SMILES string of the molecule is O=C(Cc1ccccc1C(=O)OCI)OCc1ccccc1. The molecule has 0 spiro atoms. The molecular formula is C17H15IO4. The summed E-state index contributed by atoms with van der Waals surface area (Å²) >= 11 is 1.95. The molecule has 0 amide bonds. The highest BCUT2D eigenvalue weighted by molar-refractivity contribution is 14.1. The molecule has 0 aliphatic heterocycles. The van der Waals surface area contributed by atoms with Crippen LogP contribution < -0.4 is 0 Å². The maximum absolute atomic E-state index is 11.9. The summed E-state index contributed by atoms with van der Waals surface area (Å²) in [4.78, 5) is 23.8. The van der Waals surface area contributed by atoms with Crippen molar-refractivity contribution in [2.75, 3.05) is 4.61 Å². The van der Waals surface area contributed by atoms with Crippen LogP contribution in [-0.2, 0) is 27.3 Å². The Morgan fingerprint density at radius 1 is 0.909 bits per heavy atom. The average Bonchev–Trinajstić information content (AvgIpc) is 2.54. The van der Waals surface area contributed by atoms with Crippen LogP contribution >= 0.6 is 22.6 Å². The van der Waals surface area contributed by atoms with Crippen molar-refractivity contribution >= 4 is 34.5 Å². The Labute approximate surface area is 142 Å². The molecule has 0 atom stereocenters. The average molecular weight is 410 g/mol. The molecule has 0 saturated heterocycles. The monoisotopic (exact) mass is 410 g/mol. The van der Waals surface area contributed by atoms with E-state index in [4.69, 9.17) is 9.47 Å². The molecule has 4 nitrogen and oxygen atoms in total. The van der Waals surface area contributed by atoms with Crippen molar-refractivity contribution in [3.8, 4) is 0 Å². The summed E-state index contributed by atoms with van der Waals surface area (Å²) in [5.74, 6) is -0.806. The van der Waals surface area contributed by atoms with Gasteiger partial charge < -0.3 is 9.47 Å². The number of alkyl halides is 1. The molecule has 0 aliphatic carbocycles. The smallest absolute Gasteiger partial charge is 0.339 e. The molecular weight excluding hydrogens is 395 g/mol. The van der Waals surface area contributed by atoms with Crippen molar-refractivity contribution in [2.45, 2.75) is 13.0 Å². The fraction of sp³-hybridized carbons (Fsp3) is 0.176. The van der Waals surface area contributed by atoms with Crippen LogP contribution in [0.3, 0.4) is 0 Å². The lowest BCUT2D eigenvalue weighted by Crippen LogP contribution is -2.13. The maximum atomic E-state index is 11.9. The van der Waals surface area contributed by atoms with Crippen molar-refractivity contribution in [3.05, 3.63) is 71.3 Å². The van der Waals surface area contributed by atoms with E-state index in [9.17, 15) is 9.59 Å². The van der Waals surface area contributed by atoms with Gasteiger partial charge in [-0.2, -0.15) is 0 Å². The van der Waals surface area contributed by atoms with Gasteiger partial charge in [0.05, 0.1) is 12.0 Å². The van der Waals surface area contributed by atoms with Crippen molar-refractivity contribution in [1.29, 1.82) is 0 Å².